The van der Waals surface area contributed by atoms with Gasteiger partial charge in [-0.1, -0.05) is 11.8 Å². The van der Waals surface area contributed by atoms with Gasteiger partial charge in [0.25, 0.3) is 5.91 Å². The van der Waals surface area contributed by atoms with E-state index in [4.69, 9.17) is 10.00 Å². The molecule has 0 spiro atoms. The number of hydrogen-bond donors (Lipinski definition) is 0. The second-order valence-electron chi connectivity index (χ2n) is 5.49. The van der Waals surface area contributed by atoms with Crippen LogP contribution in [0.3, 0.4) is 0 Å². The third kappa shape index (κ3) is 3.25. The first-order valence-corrected chi connectivity index (χ1v) is 9.92. The lowest BCUT2D eigenvalue weighted by Crippen LogP contribution is -2.37. The van der Waals surface area contributed by atoms with E-state index in [2.05, 4.69) is 4.99 Å². The number of anilines is 1. The van der Waals surface area contributed by atoms with Crippen molar-refractivity contribution in [3.05, 3.63) is 24.3 Å². The van der Waals surface area contributed by atoms with E-state index in [9.17, 15) is 13.2 Å². The van der Waals surface area contributed by atoms with E-state index in [1.54, 1.807) is 42.3 Å². The summed E-state index contributed by atoms with van der Waals surface area (Å²) < 4.78 is 29.0. The molecule has 0 bridgehead atoms. The molecule has 1 aromatic rings. The van der Waals surface area contributed by atoms with Gasteiger partial charge in [0.05, 0.1) is 30.7 Å². The molecule has 7 nitrogen and oxygen atoms in total. The van der Waals surface area contributed by atoms with E-state index in [1.807, 2.05) is 0 Å². The summed E-state index contributed by atoms with van der Waals surface area (Å²) in [6, 6.07) is 8.66. The fraction of sp³-hybridized carbons (Fsp3) is 0.400. The van der Waals surface area contributed by atoms with Crippen molar-refractivity contribution in [2.75, 3.05) is 23.5 Å². The number of amides is 1. The Morgan fingerprint density at radius 3 is 2.75 bits per heavy atom. The van der Waals surface area contributed by atoms with Crippen molar-refractivity contribution in [2.24, 2.45) is 4.99 Å². The van der Waals surface area contributed by atoms with E-state index in [-0.39, 0.29) is 29.2 Å². The maximum Gasteiger partial charge on any atom is 0.262 e. The minimum Gasteiger partial charge on any atom is -0.497 e. The summed E-state index contributed by atoms with van der Waals surface area (Å²) in [6.45, 7) is 0. The second-order valence-corrected chi connectivity index (χ2v) is 8.85. The first kappa shape index (κ1) is 16.8. The van der Waals surface area contributed by atoms with E-state index in [0.29, 0.717) is 10.9 Å². The molecule has 2 heterocycles. The van der Waals surface area contributed by atoms with E-state index in [0.717, 1.165) is 5.69 Å². The molecule has 24 heavy (non-hydrogen) atoms. The fourth-order valence-electron chi connectivity index (χ4n) is 2.82. The van der Waals surface area contributed by atoms with Gasteiger partial charge in [-0.15, -0.1) is 0 Å². The molecule has 1 amide bonds. The highest BCUT2D eigenvalue weighted by Crippen LogP contribution is 2.41. The smallest absolute Gasteiger partial charge is 0.262 e. The highest BCUT2D eigenvalue weighted by atomic mass is 32.2. The molecule has 2 aliphatic rings. The summed E-state index contributed by atoms with van der Waals surface area (Å²) in [6.07, 6.45) is -0.297. The minimum absolute atomic E-state index is 0.0299. The van der Waals surface area contributed by atoms with Crippen LogP contribution in [0.1, 0.15) is 6.42 Å². The number of nitriles is 1. The molecule has 1 aromatic carbocycles. The Labute approximate surface area is 144 Å². The molecule has 9 heteroatoms. The Balaban J connectivity index is 1.97. The number of carbonyl (C=O) groups is 1. The van der Waals surface area contributed by atoms with Crippen molar-refractivity contribution in [3.63, 3.8) is 0 Å². The van der Waals surface area contributed by atoms with E-state index in [1.165, 1.54) is 11.8 Å². The second kappa shape index (κ2) is 6.45. The van der Waals surface area contributed by atoms with Crippen molar-refractivity contribution in [1.82, 2.24) is 0 Å². The summed E-state index contributed by atoms with van der Waals surface area (Å²) in [5.74, 6) is 0.254. The van der Waals surface area contributed by atoms with Gasteiger partial charge < -0.3 is 9.64 Å². The number of thioether (sulfide) groups is 1. The Bertz CT molecular complexity index is 827. The predicted octanol–water partition coefficient (Wildman–Crippen LogP) is 1.21. The Hall–Kier alpha value is -2.05. The van der Waals surface area contributed by atoms with Crippen molar-refractivity contribution in [1.29, 1.82) is 5.26 Å². The summed E-state index contributed by atoms with van der Waals surface area (Å²) >= 11 is 1.29. The monoisotopic (exact) mass is 365 g/mol. The number of benzene rings is 1. The van der Waals surface area contributed by atoms with Crippen LogP contribution in [0.4, 0.5) is 5.69 Å². The summed E-state index contributed by atoms with van der Waals surface area (Å²) in [7, 11) is -1.54. The van der Waals surface area contributed by atoms with Crippen LogP contribution in [-0.4, -0.2) is 49.4 Å². The first-order valence-electron chi connectivity index (χ1n) is 7.22. The van der Waals surface area contributed by atoms with Crippen LogP contribution in [0.25, 0.3) is 0 Å². The highest BCUT2D eigenvalue weighted by molar-refractivity contribution is 8.16. The van der Waals surface area contributed by atoms with E-state index < -0.39 is 15.7 Å². The Morgan fingerprint density at radius 1 is 1.42 bits per heavy atom. The van der Waals surface area contributed by atoms with Gasteiger partial charge >= 0.3 is 0 Å². The maximum atomic E-state index is 11.9. The lowest BCUT2D eigenvalue weighted by molar-refractivity contribution is -0.116. The van der Waals surface area contributed by atoms with Gasteiger partial charge in [0, 0.05) is 10.9 Å². The molecule has 0 saturated carbocycles. The lowest BCUT2D eigenvalue weighted by Gasteiger charge is -2.24. The largest absolute Gasteiger partial charge is 0.497 e. The number of rotatable bonds is 3. The van der Waals surface area contributed by atoms with Crippen LogP contribution < -0.4 is 9.64 Å². The molecule has 2 saturated heterocycles. The SMILES string of the molecule is COc1ccc(N2C(=NC(=O)CC#N)S[C@@H]3CS(=O)(=O)C[C@H]32)cc1. The minimum atomic E-state index is -3.10. The van der Waals surface area contributed by atoms with Crippen molar-refractivity contribution in [2.45, 2.75) is 17.7 Å². The molecule has 2 fully saturated rings. The van der Waals surface area contributed by atoms with Crippen LogP contribution in [0.5, 0.6) is 5.75 Å². The average Bonchev–Trinajstić information content (AvgIpc) is 2.98. The molecular formula is C15H15N3O4S2. The van der Waals surface area contributed by atoms with Gasteiger partial charge in [-0.3, -0.25) is 4.79 Å². The van der Waals surface area contributed by atoms with Crippen LogP contribution in [0.2, 0.25) is 0 Å². The van der Waals surface area contributed by atoms with Crippen LogP contribution in [-0.2, 0) is 14.6 Å². The quantitative estimate of drug-likeness (QED) is 0.793. The molecule has 0 N–H and O–H groups in total. The number of nitrogens with zero attached hydrogens (tertiary/aromatic N) is 3. The summed E-state index contributed by atoms with van der Waals surface area (Å²) in [5, 5.41) is 8.92. The normalized spacial score (nSPS) is 26.2. The topological polar surface area (TPSA) is 99.8 Å². The van der Waals surface area contributed by atoms with Crippen molar-refractivity contribution >= 4 is 38.4 Å². The molecule has 126 valence electrons. The maximum absolute atomic E-state index is 11.9. The zero-order valence-electron chi connectivity index (χ0n) is 12.9. The number of fused-ring (bicyclic) bond motifs is 1. The van der Waals surface area contributed by atoms with Gasteiger partial charge in [0.2, 0.25) is 0 Å². The third-order valence-electron chi connectivity index (χ3n) is 3.87. The molecule has 0 aliphatic carbocycles. The van der Waals surface area contributed by atoms with Crippen molar-refractivity contribution in [3.8, 4) is 11.8 Å². The molecular weight excluding hydrogens is 350 g/mol. The molecule has 0 radical (unpaired) electrons. The summed E-state index contributed by atoms with van der Waals surface area (Å²) in [4.78, 5) is 17.5. The van der Waals surface area contributed by atoms with Gasteiger partial charge in [-0.25, -0.2) is 8.42 Å². The number of aliphatic imine (C=N–C) groups is 1. The van der Waals surface area contributed by atoms with Gasteiger partial charge in [-0.2, -0.15) is 10.3 Å². The number of amidine groups is 1. The Kier molecular flexibility index (Phi) is 4.51. The first-order chi connectivity index (χ1) is 11.4. The lowest BCUT2D eigenvalue weighted by atomic mass is 10.2. The van der Waals surface area contributed by atoms with Gasteiger partial charge in [0.15, 0.2) is 15.0 Å². The molecule has 2 aliphatic heterocycles. The zero-order valence-corrected chi connectivity index (χ0v) is 14.5. The number of sulfone groups is 1. The van der Waals surface area contributed by atoms with Crippen molar-refractivity contribution < 1.29 is 17.9 Å². The molecule has 2 atom stereocenters. The number of ether oxygens (including phenoxy) is 1. The third-order valence-corrected chi connectivity index (χ3v) is 7.08. The van der Waals surface area contributed by atoms with Gasteiger partial charge in [0.1, 0.15) is 12.2 Å². The highest BCUT2D eigenvalue weighted by Gasteiger charge is 2.49. The van der Waals surface area contributed by atoms with Crippen LogP contribution >= 0.6 is 11.8 Å². The number of hydrogen-bond acceptors (Lipinski definition) is 6. The standard InChI is InChI=1S/C15H15N3O4S2/c1-22-11-4-2-10(3-5-11)18-12-8-24(20,21)9-13(12)23-15(18)17-14(19)6-7-16/h2-5,12-13H,6,8-9H2,1H3/t12-,13-/m1/s1. The average molecular weight is 365 g/mol. The summed E-state index contributed by atoms with van der Waals surface area (Å²) in [5.41, 5.74) is 0.747. The predicted molar refractivity (Wildman–Crippen MR) is 92.0 cm³/mol. The fourth-order valence-corrected chi connectivity index (χ4v) is 6.75. The number of methoxy groups -OCH3 is 1. The Morgan fingerprint density at radius 2 is 2.12 bits per heavy atom. The molecule has 0 aromatic heterocycles. The van der Waals surface area contributed by atoms with Gasteiger partial charge in [-0.05, 0) is 24.3 Å². The van der Waals surface area contributed by atoms with Crippen LogP contribution in [0, 0.1) is 11.3 Å². The van der Waals surface area contributed by atoms with E-state index >= 15 is 0 Å². The number of carbonyl (C=O) groups excluding carboxylic acids is 1. The zero-order chi connectivity index (χ0) is 17.3. The molecule has 3 rings (SSSR count). The van der Waals surface area contributed by atoms with Crippen LogP contribution in [0.15, 0.2) is 29.3 Å². The molecule has 0 unspecified atom stereocenters.